The van der Waals surface area contributed by atoms with Crippen LogP contribution in [0, 0.1) is 12.8 Å². The van der Waals surface area contributed by atoms with Gasteiger partial charge in [-0.15, -0.1) is 0 Å². The lowest BCUT2D eigenvalue weighted by Gasteiger charge is -2.24. The second-order valence-electron chi connectivity index (χ2n) is 11.1. The maximum Gasteiger partial charge on any atom is 0.140 e. The molecule has 0 bridgehead atoms. The van der Waals surface area contributed by atoms with Crippen molar-refractivity contribution in [3.63, 3.8) is 0 Å². The van der Waals surface area contributed by atoms with Crippen LogP contribution in [0.3, 0.4) is 0 Å². The molecule has 198 valence electrons. The van der Waals surface area contributed by atoms with Crippen LogP contribution in [0.5, 0.6) is 0 Å². The fourth-order valence-corrected chi connectivity index (χ4v) is 6.29. The van der Waals surface area contributed by atoms with Crippen LogP contribution in [-0.2, 0) is 26.4 Å². The number of nitrogens with zero attached hydrogens (tertiary/aromatic N) is 4. The molecule has 1 aliphatic carbocycles. The molecular weight excluding hydrogens is 476 g/mol. The minimum Gasteiger partial charge on any atom is -0.327 e. The highest BCUT2D eigenvalue weighted by atomic mass is 15.1. The predicted octanol–water partition coefficient (Wildman–Crippen LogP) is 8.46. The summed E-state index contributed by atoms with van der Waals surface area (Å²) in [5, 5.41) is 0. The third-order valence-corrected chi connectivity index (χ3v) is 8.31. The minimum atomic E-state index is 0.486. The van der Waals surface area contributed by atoms with Gasteiger partial charge in [0.1, 0.15) is 11.6 Å². The van der Waals surface area contributed by atoms with Gasteiger partial charge in [-0.3, -0.25) is 0 Å². The van der Waals surface area contributed by atoms with E-state index in [9.17, 15) is 0 Å². The number of para-hydroxylation sites is 2. The molecule has 2 heterocycles. The van der Waals surface area contributed by atoms with Crippen LogP contribution in [0.15, 0.2) is 78.4 Å². The van der Waals surface area contributed by atoms with Crippen molar-refractivity contribution in [3.05, 3.63) is 101 Å². The van der Waals surface area contributed by atoms with Crippen molar-refractivity contribution in [1.82, 2.24) is 19.1 Å². The van der Waals surface area contributed by atoms with Crippen molar-refractivity contribution in [1.29, 1.82) is 0 Å². The zero-order chi connectivity index (χ0) is 27.1. The highest BCUT2D eigenvalue weighted by molar-refractivity contribution is 5.87. The molecule has 0 N–H and O–H groups in total. The maximum absolute atomic E-state index is 5.16. The van der Waals surface area contributed by atoms with E-state index < -0.39 is 0 Å². The average molecular weight is 515 g/mol. The van der Waals surface area contributed by atoms with Crippen molar-refractivity contribution in [2.75, 3.05) is 0 Å². The second-order valence-corrected chi connectivity index (χ2v) is 11.1. The van der Waals surface area contributed by atoms with E-state index >= 15 is 0 Å². The fourth-order valence-electron chi connectivity index (χ4n) is 6.29. The SMILES string of the molecule is CCCc1nc2c(C)cc(-c3nc4ccccc4n3C)cc2n1CC1=CC=C(c2ccccc2CC)C(C)C1. The standard InChI is InChI=1S/C35H38N4/c1-6-12-33-37-34-24(4)20-27(35-36-30-15-10-11-16-31(30)38(35)5)21-32(34)39(33)22-25-17-18-28(23(3)19-25)29-14-9-8-13-26(29)7-2/h8-11,13-18,20-21,23H,6-7,12,19,22H2,1-5H3. The molecule has 5 aromatic rings. The first-order valence-corrected chi connectivity index (χ1v) is 14.4. The summed E-state index contributed by atoms with van der Waals surface area (Å²) in [7, 11) is 2.11. The Labute approximate surface area is 231 Å². The molecule has 3 aromatic carbocycles. The van der Waals surface area contributed by atoms with Gasteiger partial charge in [0.15, 0.2) is 0 Å². The number of aromatic nitrogens is 4. The monoisotopic (exact) mass is 514 g/mol. The Morgan fingerprint density at radius 3 is 2.49 bits per heavy atom. The third-order valence-electron chi connectivity index (χ3n) is 8.31. The minimum absolute atomic E-state index is 0.486. The van der Waals surface area contributed by atoms with Crippen molar-refractivity contribution < 1.29 is 0 Å². The second kappa shape index (κ2) is 10.3. The number of fused-ring (bicyclic) bond motifs is 2. The highest BCUT2D eigenvalue weighted by Gasteiger charge is 2.21. The third kappa shape index (κ3) is 4.52. The number of hydrogen-bond donors (Lipinski definition) is 0. The molecule has 0 radical (unpaired) electrons. The largest absolute Gasteiger partial charge is 0.327 e. The molecule has 0 fully saturated rings. The van der Waals surface area contributed by atoms with Gasteiger partial charge < -0.3 is 9.13 Å². The van der Waals surface area contributed by atoms with E-state index in [2.05, 4.69) is 117 Å². The molecule has 2 aromatic heterocycles. The summed E-state index contributed by atoms with van der Waals surface area (Å²) in [6, 6.07) is 21.8. The lowest BCUT2D eigenvalue weighted by molar-refractivity contribution is 0.644. The summed E-state index contributed by atoms with van der Waals surface area (Å²) in [5.41, 5.74) is 12.6. The van der Waals surface area contributed by atoms with Gasteiger partial charge in [0.05, 0.1) is 22.1 Å². The van der Waals surface area contributed by atoms with Crippen LogP contribution in [0.2, 0.25) is 0 Å². The molecule has 6 rings (SSSR count). The number of benzene rings is 3. The van der Waals surface area contributed by atoms with Crippen LogP contribution in [0.25, 0.3) is 39.0 Å². The zero-order valence-corrected chi connectivity index (χ0v) is 23.8. The summed E-state index contributed by atoms with van der Waals surface area (Å²) in [6.07, 6.45) is 8.92. The molecule has 39 heavy (non-hydrogen) atoms. The first-order chi connectivity index (χ1) is 19.0. The molecule has 0 aliphatic heterocycles. The Bertz CT molecular complexity index is 1740. The van der Waals surface area contributed by atoms with Gasteiger partial charge in [0.2, 0.25) is 0 Å². The van der Waals surface area contributed by atoms with Gasteiger partial charge >= 0.3 is 0 Å². The molecule has 0 saturated heterocycles. The number of hydrogen-bond acceptors (Lipinski definition) is 2. The molecule has 1 aliphatic rings. The number of allylic oxidation sites excluding steroid dienone is 4. The molecule has 0 saturated carbocycles. The molecule has 1 atom stereocenters. The van der Waals surface area contributed by atoms with Crippen molar-refractivity contribution in [3.8, 4) is 11.4 Å². The van der Waals surface area contributed by atoms with Crippen molar-refractivity contribution in [2.45, 2.75) is 59.9 Å². The van der Waals surface area contributed by atoms with E-state index in [1.165, 1.54) is 39.2 Å². The lowest BCUT2D eigenvalue weighted by Crippen LogP contribution is -2.12. The molecular formula is C35H38N4. The van der Waals surface area contributed by atoms with Gasteiger partial charge in [-0.25, -0.2) is 9.97 Å². The normalized spacial score (nSPS) is 15.7. The van der Waals surface area contributed by atoms with Gasteiger partial charge in [0.25, 0.3) is 0 Å². The quantitative estimate of drug-likeness (QED) is 0.218. The number of imidazole rings is 2. The van der Waals surface area contributed by atoms with Gasteiger partial charge in [-0.05, 0) is 84.2 Å². The smallest absolute Gasteiger partial charge is 0.140 e. The van der Waals surface area contributed by atoms with Gasteiger partial charge in [0, 0.05) is 25.6 Å². The lowest BCUT2D eigenvalue weighted by atomic mass is 9.82. The van der Waals surface area contributed by atoms with Crippen LogP contribution in [0.1, 0.15) is 56.1 Å². The van der Waals surface area contributed by atoms with Crippen LogP contribution in [0.4, 0.5) is 0 Å². The van der Waals surface area contributed by atoms with Crippen molar-refractivity contribution >= 4 is 27.6 Å². The van der Waals surface area contributed by atoms with Crippen molar-refractivity contribution in [2.24, 2.45) is 13.0 Å². The Kier molecular flexibility index (Phi) is 6.72. The Hall–Kier alpha value is -3.92. The Balaban J connectivity index is 1.43. The predicted molar refractivity (Wildman–Crippen MR) is 164 cm³/mol. The van der Waals surface area contributed by atoms with E-state index in [1.54, 1.807) is 0 Å². The van der Waals surface area contributed by atoms with Crippen LogP contribution >= 0.6 is 0 Å². The van der Waals surface area contributed by atoms with E-state index in [1.807, 2.05) is 0 Å². The van der Waals surface area contributed by atoms with Gasteiger partial charge in [-0.2, -0.15) is 0 Å². The molecule has 4 nitrogen and oxygen atoms in total. The Morgan fingerprint density at radius 1 is 0.923 bits per heavy atom. The first kappa shape index (κ1) is 25.4. The van der Waals surface area contributed by atoms with E-state index in [0.717, 1.165) is 60.2 Å². The Morgan fingerprint density at radius 2 is 1.72 bits per heavy atom. The fraction of sp³-hybridized carbons (Fsp3) is 0.314. The summed E-state index contributed by atoms with van der Waals surface area (Å²) in [6.45, 7) is 9.92. The summed E-state index contributed by atoms with van der Waals surface area (Å²) in [5.74, 6) is 2.66. The van der Waals surface area contributed by atoms with Crippen LogP contribution < -0.4 is 0 Å². The average Bonchev–Trinajstić information content (AvgIpc) is 3.47. The van der Waals surface area contributed by atoms with E-state index in [4.69, 9.17) is 9.97 Å². The summed E-state index contributed by atoms with van der Waals surface area (Å²) < 4.78 is 4.67. The summed E-state index contributed by atoms with van der Waals surface area (Å²) >= 11 is 0. The summed E-state index contributed by atoms with van der Waals surface area (Å²) in [4.78, 5) is 10.2. The topological polar surface area (TPSA) is 35.6 Å². The highest BCUT2D eigenvalue weighted by Crippen LogP contribution is 2.36. The first-order valence-electron chi connectivity index (χ1n) is 14.4. The van der Waals surface area contributed by atoms with E-state index in [0.29, 0.717) is 5.92 Å². The molecule has 0 spiro atoms. The maximum atomic E-state index is 5.16. The molecule has 1 unspecified atom stereocenters. The van der Waals surface area contributed by atoms with Gasteiger partial charge in [-0.1, -0.05) is 69.3 Å². The van der Waals surface area contributed by atoms with Crippen LogP contribution in [-0.4, -0.2) is 19.1 Å². The number of rotatable bonds is 7. The number of aryl methyl sites for hydroxylation is 4. The molecule has 4 heteroatoms. The van der Waals surface area contributed by atoms with E-state index in [-0.39, 0.29) is 0 Å². The zero-order valence-electron chi connectivity index (χ0n) is 23.8. The molecule has 0 amide bonds.